The van der Waals surface area contributed by atoms with Gasteiger partial charge in [-0.3, -0.25) is 4.79 Å². The number of carbonyl (C=O) groups excluding carboxylic acids is 1. The standard InChI is InChI=1S/C13H11F4NO3/c1-2-20-10(19)5-7-3-4-9(21-13(16)17)11(12(14)15)8(7)6-18/h3-4,12-13H,2,5H2,1H3. The van der Waals surface area contributed by atoms with Gasteiger partial charge in [-0.25, -0.2) is 8.78 Å². The van der Waals surface area contributed by atoms with Gasteiger partial charge >= 0.3 is 12.6 Å². The molecule has 0 aliphatic heterocycles. The minimum Gasteiger partial charge on any atom is -0.466 e. The van der Waals surface area contributed by atoms with E-state index in [2.05, 4.69) is 9.47 Å². The number of halogens is 4. The normalized spacial score (nSPS) is 10.6. The molecule has 0 amide bonds. The molecular formula is C13H11F4NO3. The number of hydrogen-bond donors (Lipinski definition) is 0. The predicted octanol–water partition coefficient (Wildman–Crippen LogP) is 3.20. The third-order valence-electron chi connectivity index (χ3n) is 2.48. The highest BCUT2D eigenvalue weighted by molar-refractivity contribution is 5.74. The third-order valence-corrected chi connectivity index (χ3v) is 2.48. The molecule has 0 heterocycles. The van der Waals surface area contributed by atoms with E-state index in [4.69, 9.17) is 5.26 Å². The number of alkyl halides is 4. The Bertz CT molecular complexity index is 555. The molecule has 0 radical (unpaired) electrons. The van der Waals surface area contributed by atoms with Crippen LogP contribution in [0, 0.1) is 11.3 Å². The van der Waals surface area contributed by atoms with Gasteiger partial charge in [-0.15, -0.1) is 0 Å². The van der Waals surface area contributed by atoms with E-state index in [-0.39, 0.29) is 12.2 Å². The Hall–Kier alpha value is -2.30. The van der Waals surface area contributed by atoms with Gasteiger partial charge in [0.25, 0.3) is 6.43 Å². The summed E-state index contributed by atoms with van der Waals surface area (Å²) in [7, 11) is 0. The number of ether oxygens (including phenoxy) is 2. The van der Waals surface area contributed by atoms with Crippen molar-refractivity contribution in [2.45, 2.75) is 26.4 Å². The molecule has 0 fully saturated rings. The molecule has 0 saturated heterocycles. The van der Waals surface area contributed by atoms with E-state index in [0.717, 1.165) is 12.1 Å². The van der Waals surface area contributed by atoms with Gasteiger partial charge in [0.15, 0.2) is 0 Å². The molecule has 0 spiro atoms. The van der Waals surface area contributed by atoms with Crippen LogP contribution in [0.5, 0.6) is 5.75 Å². The molecule has 8 heteroatoms. The predicted molar refractivity (Wildman–Crippen MR) is 63.1 cm³/mol. The van der Waals surface area contributed by atoms with E-state index >= 15 is 0 Å². The summed E-state index contributed by atoms with van der Waals surface area (Å²) in [6, 6.07) is 3.48. The lowest BCUT2D eigenvalue weighted by Gasteiger charge is -2.14. The Kier molecular flexibility index (Phi) is 5.96. The van der Waals surface area contributed by atoms with Gasteiger partial charge in [0.2, 0.25) is 0 Å². The lowest BCUT2D eigenvalue weighted by atomic mass is 9.99. The number of rotatable bonds is 6. The Labute approximate surface area is 117 Å². The molecule has 1 aromatic carbocycles. The molecule has 0 aliphatic carbocycles. The van der Waals surface area contributed by atoms with E-state index in [1.165, 1.54) is 6.07 Å². The van der Waals surface area contributed by atoms with Crippen LogP contribution in [-0.4, -0.2) is 19.2 Å². The molecule has 1 aromatic rings. The maximum Gasteiger partial charge on any atom is 0.387 e. The fraction of sp³-hybridized carbons (Fsp3) is 0.385. The number of hydrogen-bond acceptors (Lipinski definition) is 4. The topological polar surface area (TPSA) is 59.3 Å². The highest BCUT2D eigenvalue weighted by Gasteiger charge is 2.24. The quantitative estimate of drug-likeness (QED) is 0.598. The van der Waals surface area contributed by atoms with Crippen LogP contribution in [0.1, 0.15) is 30.0 Å². The Morgan fingerprint density at radius 2 is 2.00 bits per heavy atom. The summed E-state index contributed by atoms with van der Waals surface area (Å²) in [5, 5.41) is 8.97. The first-order valence-corrected chi connectivity index (χ1v) is 5.85. The van der Waals surface area contributed by atoms with Crippen LogP contribution < -0.4 is 4.74 Å². The molecule has 0 N–H and O–H groups in total. The lowest BCUT2D eigenvalue weighted by molar-refractivity contribution is -0.142. The summed E-state index contributed by atoms with van der Waals surface area (Å²) >= 11 is 0. The van der Waals surface area contributed by atoms with Gasteiger partial charge in [0.05, 0.1) is 24.2 Å². The molecule has 0 saturated carbocycles. The summed E-state index contributed by atoms with van der Waals surface area (Å²) in [5.41, 5.74) is -1.55. The summed E-state index contributed by atoms with van der Waals surface area (Å²) < 4.78 is 59.0. The van der Waals surface area contributed by atoms with E-state index in [0.29, 0.717) is 0 Å². The van der Waals surface area contributed by atoms with Crippen LogP contribution in [0.25, 0.3) is 0 Å². The Balaban J connectivity index is 3.27. The summed E-state index contributed by atoms with van der Waals surface area (Å²) in [4.78, 5) is 11.4. The van der Waals surface area contributed by atoms with Gasteiger partial charge in [-0.2, -0.15) is 14.0 Å². The van der Waals surface area contributed by atoms with Crippen LogP contribution in [0.4, 0.5) is 17.6 Å². The molecule has 114 valence electrons. The number of benzene rings is 1. The van der Waals surface area contributed by atoms with Gasteiger partial charge in [-0.05, 0) is 18.6 Å². The first kappa shape index (κ1) is 16.8. The van der Waals surface area contributed by atoms with Crippen LogP contribution >= 0.6 is 0 Å². The second-order valence-corrected chi connectivity index (χ2v) is 3.78. The van der Waals surface area contributed by atoms with E-state index < -0.39 is 42.3 Å². The maximum absolute atomic E-state index is 13.0. The first-order chi connectivity index (χ1) is 9.90. The smallest absolute Gasteiger partial charge is 0.387 e. The van der Waals surface area contributed by atoms with Gasteiger partial charge < -0.3 is 9.47 Å². The van der Waals surface area contributed by atoms with Gasteiger partial charge in [0.1, 0.15) is 11.8 Å². The largest absolute Gasteiger partial charge is 0.466 e. The van der Waals surface area contributed by atoms with Crippen molar-refractivity contribution in [3.05, 3.63) is 28.8 Å². The third kappa shape index (κ3) is 4.34. The van der Waals surface area contributed by atoms with Crippen molar-refractivity contribution < 1.29 is 31.8 Å². The zero-order chi connectivity index (χ0) is 16.0. The molecule has 0 atom stereocenters. The Morgan fingerprint density at radius 1 is 1.33 bits per heavy atom. The molecule has 0 bridgehead atoms. The molecule has 0 aromatic heterocycles. The van der Waals surface area contributed by atoms with Crippen molar-refractivity contribution in [1.82, 2.24) is 0 Å². The average molecular weight is 305 g/mol. The number of carbonyl (C=O) groups is 1. The molecule has 4 nitrogen and oxygen atoms in total. The van der Waals surface area contributed by atoms with Crippen molar-refractivity contribution in [2.75, 3.05) is 6.61 Å². The minimum absolute atomic E-state index is 0.0344. The molecular weight excluding hydrogens is 294 g/mol. The van der Waals surface area contributed by atoms with Crippen LogP contribution in [0.3, 0.4) is 0 Å². The van der Waals surface area contributed by atoms with Crippen molar-refractivity contribution >= 4 is 5.97 Å². The number of nitrogens with zero attached hydrogens (tertiary/aromatic N) is 1. The highest BCUT2D eigenvalue weighted by atomic mass is 19.3. The van der Waals surface area contributed by atoms with Crippen molar-refractivity contribution in [2.24, 2.45) is 0 Å². The second kappa shape index (κ2) is 7.47. The van der Waals surface area contributed by atoms with Crippen LogP contribution in [-0.2, 0) is 16.0 Å². The van der Waals surface area contributed by atoms with Gasteiger partial charge in [0, 0.05) is 0 Å². The van der Waals surface area contributed by atoms with Crippen molar-refractivity contribution in [3.8, 4) is 11.8 Å². The summed E-state index contributed by atoms with van der Waals surface area (Å²) in [5.74, 6) is -1.50. The van der Waals surface area contributed by atoms with Crippen molar-refractivity contribution in [3.63, 3.8) is 0 Å². The minimum atomic E-state index is -3.30. The summed E-state index contributed by atoms with van der Waals surface area (Å²) in [6.07, 6.45) is -3.61. The van der Waals surface area contributed by atoms with E-state index in [1.54, 1.807) is 6.92 Å². The fourth-order valence-electron chi connectivity index (χ4n) is 1.71. The average Bonchev–Trinajstić information content (AvgIpc) is 2.39. The zero-order valence-electron chi connectivity index (χ0n) is 10.9. The van der Waals surface area contributed by atoms with E-state index in [1.807, 2.05) is 0 Å². The first-order valence-electron chi connectivity index (χ1n) is 5.85. The monoisotopic (exact) mass is 305 g/mol. The van der Waals surface area contributed by atoms with E-state index in [9.17, 15) is 22.4 Å². The molecule has 21 heavy (non-hydrogen) atoms. The van der Waals surface area contributed by atoms with Gasteiger partial charge in [-0.1, -0.05) is 6.07 Å². The lowest BCUT2D eigenvalue weighted by Crippen LogP contribution is -2.12. The number of esters is 1. The molecule has 0 unspecified atom stereocenters. The highest BCUT2D eigenvalue weighted by Crippen LogP contribution is 2.35. The fourth-order valence-corrected chi connectivity index (χ4v) is 1.71. The van der Waals surface area contributed by atoms with Crippen LogP contribution in [0.15, 0.2) is 12.1 Å². The SMILES string of the molecule is CCOC(=O)Cc1ccc(OC(F)F)c(C(F)F)c1C#N. The molecule has 1 rings (SSSR count). The van der Waals surface area contributed by atoms with Crippen LogP contribution in [0.2, 0.25) is 0 Å². The number of nitriles is 1. The summed E-state index contributed by atoms with van der Waals surface area (Å²) in [6.45, 7) is -1.65. The molecule has 0 aliphatic rings. The zero-order valence-corrected chi connectivity index (χ0v) is 10.9. The maximum atomic E-state index is 13.0. The Morgan fingerprint density at radius 3 is 2.48 bits per heavy atom. The second-order valence-electron chi connectivity index (χ2n) is 3.78. The van der Waals surface area contributed by atoms with Crippen molar-refractivity contribution in [1.29, 1.82) is 5.26 Å².